The summed E-state index contributed by atoms with van der Waals surface area (Å²) in [6, 6.07) is 6.79. The van der Waals surface area contributed by atoms with Crippen LogP contribution in [0.2, 0.25) is 0 Å². The van der Waals surface area contributed by atoms with Gasteiger partial charge in [0.05, 0.1) is 17.2 Å². The van der Waals surface area contributed by atoms with E-state index < -0.39 is 20.6 Å². The fourth-order valence-electron chi connectivity index (χ4n) is 1.69. The van der Waals surface area contributed by atoms with E-state index in [-0.39, 0.29) is 11.4 Å². The Morgan fingerprint density at radius 2 is 2.00 bits per heavy atom. The Morgan fingerprint density at radius 1 is 1.29 bits per heavy atom. The molecule has 2 aromatic rings. The fourth-order valence-corrected chi connectivity index (χ4v) is 2.86. The SMILES string of the molecule is Cc1cc(CNS(=O)(=O)c2ccccc2[N+](=O)[O-])ncn1. The second kappa shape index (κ2) is 5.94. The number of aromatic nitrogens is 2. The Kier molecular flexibility index (Phi) is 4.24. The third-order valence-corrected chi connectivity index (χ3v) is 4.10. The van der Waals surface area contributed by atoms with Crippen molar-refractivity contribution in [1.82, 2.24) is 14.7 Å². The molecule has 0 bridgehead atoms. The van der Waals surface area contributed by atoms with Gasteiger partial charge in [0, 0.05) is 11.8 Å². The molecule has 110 valence electrons. The molecule has 21 heavy (non-hydrogen) atoms. The second-order valence-corrected chi connectivity index (χ2v) is 5.94. The maximum Gasteiger partial charge on any atom is 0.289 e. The molecule has 1 N–H and O–H groups in total. The summed E-state index contributed by atoms with van der Waals surface area (Å²) in [7, 11) is -4.00. The zero-order chi connectivity index (χ0) is 15.5. The van der Waals surface area contributed by atoms with Crippen LogP contribution in [0.4, 0.5) is 5.69 Å². The van der Waals surface area contributed by atoms with Crippen molar-refractivity contribution in [2.24, 2.45) is 0 Å². The minimum absolute atomic E-state index is 0.0717. The van der Waals surface area contributed by atoms with Gasteiger partial charge in [-0.3, -0.25) is 10.1 Å². The number of nitrogens with zero attached hydrogens (tertiary/aromatic N) is 3. The normalized spacial score (nSPS) is 11.3. The Morgan fingerprint density at radius 3 is 2.67 bits per heavy atom. The monoisotopic (exact) mass is 308 g/mol. The van der Waals surface area contributed by atoms with Gasteiger partial charge in [0.2, 0.25) is 10.0 Å². The summed E-state index contributed by atoms with van der Waals surface area (Å²) >= 11 is 0. The molecule has 1 aromatic carbocycles. The molecule has 1 heterocycles. The van der Waals surface area contributed by atoms with Gasteiger partial charge in [0.25, 0.3) is 5.69 Å². The summed E-state index contributed by atoms with van der Waals surface area (Å²) in [5.41, 5.74) is 0.707. The molecule has 0 fully saturated rings. The number of hydrogen-bond acceptors (Lipinski definition) is 6. The smallest absolute Gasteiger partial charge is 0.258 e. The van der Waals surface area contributed by atoms with Gasteiger partial charge in [0.15, 0.2) is 4.90 Å². The van der Waals surface area contributed by atoms with Crippen LogP contribution in [0.25, 0.3) is 0 Å². The molecule has 0 aliphatic carbocycles. The van der Waals surface area contributed by atoms with E-state index in [9.17, 15) is 18.5 Å². The molecule has 0 atom stereocenters. The van der Waals surface area contributed by atoms with Crippen molar-refractivity contribution in [2.75, 3.05) is 0 Å². The molecular weight excluding hydrogens is 296 g/mol. The summed E-state index contributed by atoms with van der Waals surface area (Å²) in [6.07, 6.45) is 1.32. The summed E-state index contributed by atoms with van der Waals surface area (Å²) < 4.78 is 26.6. The average Bonchev–Trinajstić information content (AvgIpc) is 2.45. The van der Waals surface area contributed by atoms with Crippen molar-refractivity contribution in [3.63, 3.8) is 0 Å². The van der Waals surface area contributed by atoms with Crippen LogP contribution in [0.3, 0.4) is 0 Å². The lowest BCUT2D eigenvalue weighted by Crippen LogP contribution is -2.24. The van der Waals surface area contributed by atoms with Crippen LogP contribution in [-0.4, -0.2) is 23.3 Å². The molecule has 8 nitrogen and oxygen atoms in total. The molecular formula is C12H12N4O4S. The molecule has 0 saturated carbocycles. The van der Waals surface area contributed by atoms with Crippen molar-refractivity contribution >= 4 is 15.7 Å². The first-order valence-electron chi connectivity index (χ1n) is 5.91. The van der Waals surface area contributed by atoms with E-state index in [1.54, 1.807) is 13.0 Å². The molecule has 0 saturated heterocycles. The van der Waals surface area contributed by atoms with Gasteiger partial charge >= 0.3 is 0 Å². The van der Waals surface area contributed by atoms with E-state index in [1.165, 1.54) is 24.5 Å². The molecule has 9 heteroatoms. The Hall–Kier alpha value is -2.39. The molecule has 0 unspecified atom stereocenters. The van der Waals surface area contributed by atoms with Crippen LogP contribution >= 0.6 is 0 Å². The third kappa shape index (κ3) is 3.58. The zero-order valence-corrected chi connectivity index (χ0v) is 11.9. The van der Waals surface area contributed by atoms with Gasteiger partial charge in [-0.15, -0.1) is 0 Å². The minimum atomic E-state index is -4.00. The van der Waals surface area contributed by atoms with Gasteiger partial charge < -0.3 is 0 Å². The van der Waals surface area contributed by atoms with E-state index in [0.717, 1.165) is 6.07 Å². The van der Waals surface area contributed by atoms with E-state index in [0.29, 0.717) is 11.4 Å². The lowest BCUT2D eigenvalue weighted by atomic mass is 10.3. The van der Waals surface area contributed by atoms with Crippen molar-refractivity contribution in [1.29, 1.82) is 0 Å². The predicted molar refractivity (Wildman–Crippen MR) is 73.9 cm³/mol. The number of rotatable bonds is 5. The van der Waals surface area contributed by atoms with E-state index in [1.807, 2.05) is 0 Å². The topological polar surface area (TPSA) is 115 Å². The third-order valence-electron chi connectivity index (χ3n) is 2.66. The lowest BCUT2D eigenvalue weighted by Gasteiger charge is -2.07. The van der Waals surface area contributed by atoms with Gasteiger partial charge in [-0.25, -0.2) is 23.1 Å². The molecule has 0 aliphatic rings. The van der Waals surface area contributed by atoms with Gasteiger partial charge in [-0.05, 0) is 19.1 Å². The number of nitro groups is 1. The first kappa shape index (κ1) is 15.0. The standard InChI is InChI=1S/C12H12N4O4S/c1-9-6-10(14-8-13-9)7-15-21(19,20)12-5-3-2-4-11(12)16(17)18/h2-6,8,15H,7H2,1H3. The van der Waals surface area contributed by atoms with Crippen LogP contribution < -0.4 is 4.72 Å². The maximum atomic E-state index is 12.2. The lowest BCUT2D eigenvalue weighted by molar-refractivity contribution is -0.387. The first-order chi connectivity index (χ1) is 9.90. The highest BCUT2D eigenvalue weighted by atomic mass is 32.2. The molecule has 0 amide bonds. The highest BCUT2D eigenvalue weighted by Crippen LogP contribution is 2.22. The fraction of sp³-hybridized carbons (Fsp3) is 0.167. The van der Waals surface area contributed by atoms with Crippen molar-refractivity contribution in [3.8, 4) is 0 Å². The Labute approximate surface area is 121 Å². The zero-order valence-electron chi connectivity index (χ0n) is 11.1. The largest absolute Gasteiger partial charge is 0.289 e. The second-order valence-electron chi connectivity index (χ2n) is 4.20. The molecule has 2 rings (SSSR count). The number of nitrogens with one attached hydrogen (secondary N) is 1. The average molecular weight is 308 g/mol. The van der Waals surface area contributed by atoms with Crippen LogP contribution in [-0.2, 0) is 16.6 Å². The van der Waals surface area contributed by atoms with Gasteiger partial charge in [-0.2, -0.15) is 0 Å². The summed E-state index contributed by atoms with van der Waals surface area (Å²) in [6.45, 7) is 1.68. The molecule has 0 radical (unpaired) electrons. The molecule has 0 aliphatic heterocycles. The van der Waals surface area contributed by atoms with Crippen LogP contribution in [0.5, 0.6) is 0 Å². The minimum Gasteiger partial charge on any atom is -0.258 e. The van der Waals surface area contributed by atoms with Crippen LogP contribution in [0, 0.1) is 17.0 Å². The van der Waals surface area contributed by atoms with E-state index in [4.69, 9.17) is 0 Å². The van der Waals surface area contributed by atoms with E-state index in [2.05, 4.69) is 14.7 Å². The number of benzene rings is 1. The Balaban J connectivity index is 2.25. The van der Waals surface area contributed by atoms with Gasteiger partial charge in [-0.1, -0.05) is 12.1 Å². The number of aryl methyl sites for hydroxylation is 1. The maximum absolute atomic E-state index is 12.2. The number of sulfonamides is 1. The van der Waals surface area contributed by atoms with Crippen molar-refractivity contribution < 1.29 is 13.3 Å². The van der Waals surface area contributed by atoms with E-state index >= 15 is 0 Å². The van der Waals surface area contributed by atoms with Crippen molar-refractivity contribution in [3.05, 3.63) is 58.2 Å². The summed E-state index contributed by atoms with van der Waals surface area (Å²) in [4.78, 5) is 17.6. The molecule has 1 aromatic heterocycles. The van der Waals surface area contributed by atoms with Crippen LogP contribution in [0.15, 0.2) is 41.6 Å². The first-order valence-corrected chi connectivity index (χ1v) is 7.39. The van der Waals surface area contributed by atoms with Crippen LogP contribution in [0.1, 0.15) is 11.4 Å². The number of para-hydroxylation sites is 1. The van der Waals surface area contributed by atoms with Gasteiger partial charge in [0.1, 0.15) is 6.33 Å². The highest BCUT2D eigenvalue weighted by Gasteiger charge is 2.24. The quantitative estimate of drug-likeness (QED) is 0.655. The number of nitro benzene ring substituents is 1. The number of hydrogen-bond donors (Lipinski definition) is 1. The Bertz CT molecular complexity index is 776. The summed E-state index contributed by atoms with van der Waals surface area (Å²) in [5, 5.41) is 10.9. The van der Waals surface area contributed by atoms with Crippen molar-refractivity contribution in [2.45, 2.75) is 18.4 Å². The predicted octanol–water partition coefficient (Wildman–Crippen LogP) is 1.17. The molecule has 0 spiro atoms. The highest BCUT2D eigenvalue weighted by molar-refractivity contribution is 7.89. The summed E-state index contributed by atoms with van der Waals surface area (Å²) in [5.74, 6) is 0.